The average Bonchev–Trinajstić information content (AvgIpc) is 3.06. The Bertz CT molecular complexity index is 619. The van der Waals surface area contributed by atoms with E-state index in [4.69, 9.17) is 16.1 Å². The van der Waals surface area contributed by atoms with Crippen LogP contribution in [0.4, 0.5) is 4.39 Å². The summed E-state index contributed by atoms with van der Waals surface area (Å²) < 4.78 is 18.1. The van der Waals surface area contributed by atoms with Crippen LogP contribution in [0.5, 0.6) is 0 Å². The van der Waals surface area contributed by atoms with E-state index in [9.17, 15) is 9.18 Å². The van der Waals surface area contributed by atoms with Crippen LogP contribution in [0.3, 0.4) is 0 Å². The van der Waals surface area contributed by atoms with E-state index in [0.717, 1.165) is 18.9 Å². The standard InChI is InChI=1S/C13H9ClFNO2/c14-11-5-8(15)3-4-9(11)12(17)10-6-16-18-13(10)7-1-2-7/h3-7H,1-2H2. The molecule has 0 saturated heterocycles. The average molecular weight is 266 g/mol. The summed E-state index contributed by atoms with van der Waals surface area (Å²) in [6.45, 7) is 0. The van der Waals surface area contributed by atoms with Gasteiger partial charge in [-0.3, -0.25) is 4.79 Å². The van der Waals surface area contributed by atoms with Crippen LogP contribution in [0.1, 0.15) is 40.4 Å². The fourth-order valence-corrected chi connectivity index (χ4v) is 2.13. The zero-order valence-corrected chi connectivity index (χ0v) is 10.1. The highest BCUT2D eigenvalue weighted by atomic mass is 35.5. The van der Waals surface area contributed by atoms with E-state index >= 15 is 0 Å². The van der Waals surface area contributed by atoms with Gasteiger partial charge in [-0.05, 0) is 31.0 Å². The van der Waals surface area contributed by atoms with Gasteiger partial charge >= 0.3 is 0 Å². The Morgan fingerprint density at radius 3 is 2.83 bits per heavy atom. The van der Waals surface area contributed by atoms with Gasteiger partial charge in [0.2, 0.25) is 0 Å². The molecule has 1 aromatic carbocycles. The summed E-state index contributed by atoms with van der Waals surface area (Å²) in [7, 11) is 0. The summed E-state index contributed by atoms with van der Waals surface area (Å²) in [6.07, 6.45) is 3.41. The minimum Gasteiger partial charge on any atom is -0.360 e. The Hall–Kier alpha value is -1.68. The van der Waals surface area contributed by atoms with Crippen molar-refractivity contribution in [2.75, 3.05) is 0 Å². The van der Waals surface area contributed by atoms with Crippen LogP contribution in [-0.2, 0) is 0 Å². The number of nitrogens with zero attached hydrogens (tertiary/aromatic N) is 1. The molecule has 92 valence electrons. The molecule has 5 heteroatoms. The summed E-state index contributed by atoms with van der Waals surface area (Å²) in [5.41, 5.74) is 0.689. The van der Waals surface area contributed by atoms with E-state index in [0.29, 0.717) is 11.3 Å². The zero-order chi connectivity index (χ0) is 12.7. The van der Waals surface area contributed by atoms with Crippen LogP contribution < -0.4 is 0 Å². The van der Waals surface area contributed by atoms with E-state index in [2.05, 4.69) is 5.16 Å². The van der Waals surface area contributed by atoms with Gasteiger partial charge in [-0.2, -0.15) is 0 Å². The minimum absolute atomic E-state index is 0.1000. The molecule has 1 fully saturated rings. The molecule has 0 amide bonds. The van der Waals surface area contributed by atoms with E-state index in [1.807, 2.05) is 0 Å². The number of benzene rings is 1. The third kappa shape index (κ3) is 1.93. The van der Waals surface area contributed by atoms with Gasteiger partial charge < -0.3 is 4.52 Å². The van der Waals surface area contributed by atoms with Crippen molar-refractivity contribution in [2.24, 2.45) is 0 Å². The van der Waals surface area contributed by atoms with Crippen LogP contribution in [0.25, 0.3) is 0 Å². The molecule has 0 radical (unpaired) electrons. The largest absolute Gasteiger partial charge is 0.360 e. The molecule has 3 nitrogen and oxygen atoms in total. The molecule has 3 rings (SSSR count). The minimum atomic E-state index is -0.468. The molecule has 0 aliphatic heterocycles. The number of hydrogen-bond donors (Lipinski definition) is 0. The first-order valence-electron chi connectivity index (χ1n) is 5.61. The lowest BCUT2D eigenvalue weighted by atomic mass is 10.0. The third-order valence-electron chi connectivity index (χ3n) is 2.97. The number of aromatic nitrogens is 1. The van der Waals surface area contributed by atoms with Crippen molar-refractivity contribution >= 4 is 17.4 Å². The number of hydrogen-bond acceptors (Lipinski definition) is 3. The second-order valence-electron chi connectivity index (χ2n) is 4.33. The van der Waals surface area contributed by atoms with Crippen molar-refractivity contribution in [3.8, 4) is 0 Å². The first-order chi connectivity index (χ1) is 8.66. The predicted molar refractivity (Wildman–Crippen MR) is 63.3 cm³/mol. The Labute approximate surface area is 108 Å². The lowest BCUT2D eigenvalue weighted by Gasteiger charge is -2.02. The first kappa shape index (κ1) is 11.4. The van der Waals surface area contributed by atoms with Gasteiger partial charge in [0.25, 0.3) is 0 Å². The van der Waals surface area contributed by atoms with E-state index in [1.54, 1.807) is 0 Å². The van der Waals surface area contributed by atoms with Gasteiger partial charge in [0.1, 0.15) is 5.82 Å². The molecule has 1 heterocycles. The van der Waals surface area contributed by atoms with Gasteiger partial charge in [0, 0.05) is 11.5 Å². The molecule has 0 spiro atoms. The maximum Gasteiger partial charge on any atom is 0.199 e. The summed E-state index contributed by atoms with van der Waals surface area (Å²) in [4.78, 5) is 12.3. The van der Waals surface area contributed by atoms with Crippen molar-refractivity contribution in [3.05, 3.63) is 52.1 Å². The number of ketones is 1. The summed E-state index contributed by atoms with van der Waals surface area (Å²) in [5.74, 6) is 0.151. The monoisotopic (exact) mass is 265 g/mol. The fourth-order valence-electron chi connectivity index (χ4n) is 1.88. The zero-order valence-electron chi connectivity index (χ0n) is 9.32. The van der Waals surface area contributed by atoms with Crippen LogP contribution in [-0.4, -0.2) is 10.9 Å². The molecule has 1 aliphatic carbocycles. The summed E-state index contributed by atoms with van der Waals surface area (Å²) in [5, 5.41) is 3.76. The van der Waals surface area contributed by atoms with Gasteiger partial charge in [-0.25, -0.2) is 4.39 Å². The number of halogens is 2. The Kier molecular flexibility index (Phi) is 2.67. The van der Waals surface area contributed by atoms with Crippen molar-refractivity contribution < 1.29 is 13.7 Å². The number of carbonyl (C=O) groups is 1. The molecule has 0 N–H and O–H groups in total. The van der Waals surface area contributed by atoms with Crippen molar-refractivity contribution in [1.82, 2.24) is 5.16 Å². The maximum absolute atomic E-state index is 12.9. The number of carbonyl (C=O) groups excluding carboxylic acids is 1. The van der Waals surface area contributed by atoms with Crippen LogP contribution in [0.15, 0.2) is 28.9 Å². The molecule has 1 aromatic heterocycles. The second kappa shape index (κ2) is 4.21. The van der Waals surface area contributed by atoms with Gasteiger partial charge in [-0.15, -0.1) is 0 Å². The molecular formula is C13H9ClFNO2. The molecule has 1 aliphatic rings. The summed E-state index contributed by atoms with van der Waals surface area (Å²) in [6, 6.07) is 3.71. The van der Waals surface area contributed by atoms with Crippen LogP contribution >= 0.6 is 11.6 Å². The van der Waals surface area contributed by atoms with E-state index in [-0.39, 0.29) is 22.3 Å². The fraction of sp³-hybridized carbons (Fsp3) is 0.231. The highest BCUT2D eigenvalue weighted by Gasteiger charge is 2.33. The molecule has 1 saturated carbocycles. The van der Waals surface area contributed by atoms with E-state index < -0.39 is 5.82 Å². The SMILES string of the molecule is O=C(c1ccc(F)cc1Cl)c1cnoc1C1CC1. The molecule has 18 heavy (non-hydrogen) atoms. The Morgan fingerprint density at radius 2 is 2.17 bits per heavy atom. The molecular weight excluding hydrogens is 257 g/mol. The lowest BCUT2D eigenvalue weighted by molar-refractivity contribution is 0.103. The van der Waals surface area contributed by atoms with Crippen molar-refractivity contribution in [3.63, 3.8) is 0 Å². The first-order valence-corrected chi connectivity index (χ1v) is 5.99. The quantitative estimate of drug-likeness (QED) is 0.797. The van der Waals surface area contributed by atoms with Crippen molar-refractivity contribution in [2.45, 2.75) is 18.8 Å². The smallest absolute Gasteiger partial charge is 0.199 e. The number of rotatable bonds is 3. The highest BCUT2D eigenvalue weighted by molar-refractivity contribution is 6.35. The Balaban J connectivity index is 2.00. The topological polar surface area (TPSA) is 43.1 Å². The van der Waals surface area contributed by atoms with Crippen molar-refractivity contribution in [1.29, 1.82) is 0 Å². The lowest BCUT2D eigenvalue weighted by Crippen LogP contribution is -2.03. The molecule has 2 aromatic rings. The normalized spacial score (nSPS) is 14.8. The predicted octanol–water partition coefficient (Wildman–Crippen LogP) is 3.58. The van der Waals surface area contributed by atoms with E-state index in [1.165, 1.54) is 18.3 Å². The second-order valence-corrected chi connectivity index (χ2v) is 4.74. The highest BCUT2D eigenvalue weighted by Crippen LogP contribution is 2.42. The summed E-state index contributed by atoms with van der Waals surface area (Å²) >= 11 is 5.88. The van der Waals surface area contributed by atoms with Crippen LogP contribution in [0, 0.1) is 5.82 Å². The van der Waals surface area contributed by atoms with Gasteiger partial charge in [0.05, 0.1) is 16.8 Å². The van der Waals surface area contributed by atoms with Gasteiger partial charge in [0.15, 0.2) is 11.5 Å². The maximum atomic E-state index is 12.9. The molecule has 0 bridgehead atoms. The van der Waals surface area contributed by atoms with Crippen LogP contribution in [0.2, 0.25) is 5.02 Å². The van der Waals surface area contributed by atoms with Gasteiger partial charge in [-0.1, -0.05) is 16.8 Å². The Morgan fingerprint density at radius 1 is 1.39 bits per heavy atom. The third-order valence-corrected chi connectivity index (χ3v) is 3.28. The molecule has 0 unspecified atom stereocenters. The molecule has 0 atom stereocenters.